The Morgan fingerprint density at radius 1 is 1.22 bits per heavy atom. The zero-order valence-electron chi connectivity index (χ0n) is 10.8. The van der Waals surface area contributed by atoms with Crippen LogP contribution in [-0.2, 0) is 5.54 Å². The van der Waals surface area contributed by atoms with Crippen LogP contribution in [0.3, 0.4) is 0 Å². The Morgan fingerprint density at radius 2 is 2.00 bits per heavy atom. The fourth-order valence-electron chi connectivity index (χ4n) is 3.03. The second-order valence-electron chi connectivity index (χ2n) is 5.32. The van der Waals surface area contributed by atoms with Crippen molar-refractivity contribution in [3.63, 3.8) is 0 Å². The van der Waals surface area contributed by atoms with Crippen molar-refractivity contribution >= 4 is 10.9 Å². The quantitative estimate of drug-likeness (QED) is 0.851. The SMILES string of the molecule is COc1cccc2[nH]c(C3(N)CCCCC3)cc12. The first-order valence-electron chi connectivity index (χ1n) is 6.68. The molecule has 1 saturated carbocycles. The molecular weight excluding hydrogens is 224 g/mol. The highest BCUT2D eigenvalue weighted by Gasteiger charge is 2.31. The van der Waals surface area contributed by atoms with Gasteiger partial charge in [-0.15, -0.1) is 0 Å². The zero-order valence-corrected chi connectivity index (χ0v) is 10.8. The van der Waals surface area contributed by atoms with Crippen LogP contribution in [0.15, 0.2) is 24.3 Å². The molecule has 1 heterocycles. The summed E-state index contributed by atoms with van der Waals surface area (Å²) in [5.74, 6) is 0.911. The van der Waals surface area contributed by atoms with Gasteiger partial charge in [-0.1, -0.05) is 25.3 Å². The number of aromatic amines is 1. The Balaban J connectivity index is 2.07. The van der Waals surface area contributed by atoms with E-state index in [1.807, 2.05) is 12.1 Å². The van der Waals surface area contributed by atoms with Crippen molar-refractivity contribution in [3.8, 4) is 5.75 Å². The molecule has 0 radical (unpaired) electrons. The lowest BCUT2D eigenvalue weighted by atomic mass is 9.80. The molecule has 1 aromatic carbocycles. The third kappa shape index (κ3) is 1.79. The van der Waals surface area contributed by atoms with Gasteiger partial charge >= 0.3 is 0 Å². The lowest BCUT2D eigenvalue weighted by molar-refractivity contribution is 0.296. The molecule has 0 atom stereocenters. The third-order valence-corrected chi connectivity index (χ3v) is 4.13. The number of benzene rings is 1. The Bertz CT molecular complexity index is 553. The molecule has 0 saturated heterocycles. The van der Waals surface area contributed by atoms with Crippen LogP contribution in [0, 0.1) is 0 Å². The average Bonchev–Trinajstić information content (AvgIpc) is 2.84. The molecule has 1 aromatic heterocycles. The van der Waals surface area contributed by atoms with Gasteiger partial charge in [-0.3, -0.25) is 0 Å². The van der Waals surface area contributed by atoms with Crippen molar-refractivity contribution in [3.05, 3.63) is 30.0 Å². The second kappa shape index (κ2) is 4.32. The van der Waals surface area contributed by atoms with Crippen molar-refractivity contribution in [2.45, 2.75) is 37.6 Å². The molecule has 1 fully saturated rings. The first-order chi connectivity index (χ1) is 8.73. The largest absolute Gasteiger partial charge is 0.496 e. The molecule has 0 bridgehead atoms. The van der Waals surface area contributed by atoms with Gasteiger partial charge in [-0.25, -0.2) is 0 Å². The van der Waals surface area contributed by atoms with Crippen LogP contribution >= 0.6 is 0 Å². The van der Waals surface area contributed by atoms with E-state index in [1.54, 1.807) is 7.11 Å². The lowest BCUT2D eigenvalue weighted by Crippen LogP contribution is -2.38. The van der Waals surface area contributed by atoms with E-state index in [9.17, 15) is 0 Å². The van der Waals surface area contributed by atoms with E-state index in [2.05, 4.69) is 17.1 Å². The molecular formula is C15H20N2O. The van der Waals surface area contributed by atoms with Gasteiger partial charge in [0.1, 0.15) is 5.75 Å². The summed E-state index contributed by atoms with van der Waals surface area (Å²) in [4.78, 5) is 3.48. The number of fused-ring (bicyclic) bond motifs is 1. The topological polar surface area (TPSA) is 51.0 Å². The summed E-state index contributed by atoms with van der Waals surface area (Å²) in [7, 11) is 1.71. The van der Waals surface area contributed by atoms with Gasteiger partial charge in [0, 0.05) is 16.6 Å². The van der Waals surface area contributed by atoms with Gasteiger partial charge in [0.05, 0.1) is 12.6 Å². The number of nitrogens with two attached hydrogens (primary N) is 1. The van der Waals surface area contributed by atoms with Crippen LogP contribution < -0.4 is 10.5 Å². The molecule has 0 amide bonds. The summed E-state index contributed by atoms with van der Waals surface area (Å²) in [6.45, 7) is 0. The first kappa shape index (κ1) is 11.6. The summed E-state index contributed by atoms with van der Waals surface area (Å²) in [6, 6.07) is 8.24. The lowest BCUT2D eigenvalue weighted by Gasteiger charge is -2.32. The normalized spacial score (nSPS) is 19.0. The standard InChI is InChI=1S/C15H20N2O/c1-18-13-7-5-6-12-11(13)10-14(17-12)15(16)8-3-2-4-9-15/h5-7,10,17H,2-4,8-9,16H2,1H3. The Labute approximate surface area is 107 Å². The summed E-state index contributed by atoms with van der Waals surface area (Å²) in [5.41, 5.74) is 8.65. The van der Waals surface area contributed by atoms with Crippen LogP contribution in [0.25, 0.3) is 10.9 Å². The number of rotatable bonds is 2. The van der Waals surface area contributed by atoms with E-state index in [0.717, 1.165) is 35.2 Å². The van der Waals surface area contributed by atoms with Crippen LogP contribution in [0.5, 0.6) is 5.75 Å². The third-order valence-electron chi connectivity index (χ3n) is 4.13. The number of nitrogens with one attached hydrogen (secondary N) is 1. The minimum Gasteiger partial charge on any atom is -0.496 e. The van der Waals surface area contributed by atoms with Gasteiger partial charge < -0.3 is 15.5 Å². The summed E-state index contributed by atoms with van der Waals surface area (Å²) in [5, 5.41) is 1.13. The number of H-pyrrole nitrogens is 1. The van der Waals surface area contributed by atoms with E-state index in [4.69, 9.17) is 10.5 Å². The van der Waals surface area contributed by atoms with Crippen molar-refractivity contribution in [2.24, 2.45) is 5.73 Å². The van der Waals surface area contributed by atoms with Crippen LogP contribution in [0.4, 0.5) is 0 Å². The van der Waals surface area contributed by atoms with Crippen LogP contribution in [0.2, 0.25) is 0 Å². The van der Waals surface area contributed by atoms with Gasteiger partial charge in [-0.2, -0.15) is 0 Å². The summed E-state index contributed by atoms with van der Waals surface area (Å²) in [6.07, 6.45) is 5.90. The molecule has 3 rings (SSSR count). The summed E-state index contributed by atoms with van der Waals surface area (Å²) >= 11 is 0. The second-order valence-corrected chi connectivity index (χ2v) is 5.32. The highest BCUT2D eigenvalue weighted by molar-refractivity contribution is 5.87. The highest BCUT2D eigenvalue weighted by Crippen LogP contribution is 2.37. The molecule has 0 unspecified atom stereocenters. The Hall–Kier alpha value is -1.48. The predicted octanol–water partition coefficient (Wildman–Crippen LogP) is 3.29. The van der Waals surface area contributed by atoms with E-state index in [0.29, 0.717) is 0 Å². The molecule has 2 aromatic rings. The van der Waals surface area contributed by atoms with Crippen molar-refractivity contribution < 1.29 is 4.74 Å². The number of hydrogen-bond acceptors (Lipinski definition) is 2. The fraction of sp³-hybridized carbons (Fsp3) is 0.467. The van der Waals surface area contributed by atoms with Gasteiger partial charge in [0.25, 0.3) is 0 Å². The Morgan fingerprint density at radius 3 is 2.72 bits per heavy atom. The first-order valence-corrected chi connectivity index (χ1v) is 6.68. The summed E-state index contributed by atoms with van der Waals surface area (Å²) < 4.78 is 5.40. The van der Waals surface area contributed by atoms with Gasteiger partial charge in [0.2, 0.25) is 0 Å². The molecule has 1 aliphatic rings. The smallest absolute Gasteiger partial charge is 0.128 e. The minimum atomic E-state index is -0.178. The molecule has 96 valence electrons. The average molecular weight is 244 g/mol. The van der Waals surface area contributed by atoms with E-state index >= 15 is 0 Å². The number of ether oxygens (including phenoxy) is 1. The number of hydrogen-bond donors (Lipinski definition) is 2. The van der Waals surface area contributed by atoms with Crippen molar-refractivity contribution in [2.75, 3.05) is 7.11 Å². The molecule has 3 heteroatoms. The van der Waals surface area contributed by atoms with E-state index in [1.165, 1.54) is 19.3 Å². The monoisotopic (exact) mass is 244 g/mol. The van der Waals surface area contributed by atoms with Crippen LogP contribution in [0.1, 0.15) is 37.8 Å². The van der Waals surface area contributed by atoms with E-state index < -0.39 is 0 Å². The maximum Gasteiger partial charge on any atom is 0.128 e. The molecule has 3 nitrogen and oxygen atoms in total. The van der Waals surface area contributed by atoms with Crippen molar-refractivity contribution in [1.29, 1.82) is 0 Å². The highest BCUT2D eigenvalue weighted by atomic mass is 16.5. The number of aromatic nitrogens is 1. The predicted molar refractivity (Wildman–Crippen MR) is 73.8 cm³/mol. The van der Waals surface area contributed by atoms with E-state index in [-0.39, 0.29) is 5.54 Å². The minimum absolute atomic E-state index is 0.178. The maximum absolute atomic E-state index is 6.56. The van der Waals surface area contributed by atoms with Gasteiger partial charge in [-0.05, 0) is 31.0 Å². The van der Waals surface area contributed by atoms with Crippen molar-refractivity contribution in [1.82, 2.24) is 4.98 Å². The van der Waals surface area contributed by atoms with Crippen LogP contribution in [-0.4, -0.2) is 12.1 Å². The Kier molecular flexibility index (Phi) is 2.78. The fourth-order valence-corrected chi connectivity index (χ4v) is 3.03. The zero-order chi connectivity index (χ0) is 12.6. The molecule has 0 spiro atoms. The molecule has 0 aliphatic heterocycles. The number of methoxy groups -OCH3 is 1. The molecule has 18 heavy (non-hydrogen) atoms. The molecule has 3 N–H and O–H groups in total. The molecule has 1 aliphatic carbocycles. The van der Waals surface area contributed by atoms with Gasteiger partial charge in [0.15, 0.2) is 0 Å². The maximum atomic E-state index is 6.56.